The van der Waals surface area contributed by atoms with E-state index in [9.17, 15) is 15.3 Å². The first-order valence-electron chi connectivity index (χ1n) is 14.1. The van der Waals surface area contributed by atoms with Gasteiger partial charge in [0.2, 0.25) is 0 Å². The normalized spacial score (nSPS) is 54.3. The zero-order valence-electron chi connectivity index (χ0n) is 22.7. The third-order valence-corrected chi connectivity index (χ3v) is 12.7. The lowest BCUT2D eigenvalue weighted by Crippen LogP contribution is -2.58. The van der Waals surface area contributed by atoms with Gasteiger partial charge in [0.25, 0.3) is 0 Å². The van der Waals surface area contributed by atoms with Crippen LogP contribution in [0.15, 0.2) is 11.6 Å². The summed E-state index contributed by atoms with van der Waals surface area (Å²) in [7, 11) is 0. The lowest BCUT2D eigenvalue weighted by Gasteiger charge is -2.64. The molecule has 1 heterocycles. The number of rotatable bonds is 1. The highest BCUT2D eigenvalue weighted by molar-refractivity contribution is 5.33. The van der Waals surface area contributed by atoms with Gasteiger partial charge >= 0.3 is 0 Å². The Hall–Kier alpha value is -0.420. The Morgan fingerprint density at radius 2 is 1.59 bits per heavy atom. The Labute approximate surface area is 207 Å². The van der Waals surface area contributed by atoms with Crippen molar-refractivity contribution in [3.8, 4) is 0 Å². The molecule has 4 heteroatoms. The van der Waals surface area contributed by atoms with Gasteiger partial charge in [0.1, 0.15) is 6.10 Å². The third kappa shape index (κ3) is 3.23. The molecule has 0 amide bonds. The molecule has 5 rings (SSSR count). The molecule has 3 saturated carbocycles. The molecule has 4 aliphatic carbocycles. The number of allylic oxidation sites excluding steroid dienone is 2. The summed E-state index contributed by atoms with van der Waals surface area (Å²) in [6.07, 6.45) is 9.49. The summed E-state index contributed by atoms with van der Waals surface area (Å²) >= 11 is 0. The minimum atomic E-state index is -0.836. The largest absolute Gasteiger partial charge is 0.393 e. The van der Waals surface area contributed by atoms with Crippen LogP contribution in [0.4, 0.5) is 0 Å². The summed E-state index contributed by atoms with van der Waals surface area (Å²) in [5.74, 6) is 1.94. The molecule has 194 valence electrons. The zero-order valence-corrected chi connectivity index (χ0v) is 22.7. The van der Waals surface area contributed by atoms with E-state index in [4.69, 9.17) is 4.74 Å². The van der Waals surface area contributed by atoms with Crippen LogP contribution in [0.25, 0.3) is 0 Å². The molecule has 0 bridgehead atoms. The lowest BCUT2D eigenvalue weighted by molar-refractivity contribution is -0.134. The Morgan fingerprint density at radius 3 is 2.29 bits per heavy atom. The molecule has 4 nitrogen and oxygen atoms in total. The van der Waals surface area contributed by atoms with Gasteiger partial charge in [0, 0.05) is 0 Å². The van der Waals surface area contributed by atoms with Gasteiger partial charge in [-0.2, -0.15) is 0 Å². The average molecular weight is 475 g/mol. The molecule has 0 unspecified atom stereocenters. The van der Waals surface area contributed by atoms with Crippen molar-refractivity contribution in [2.45, 2.75) is 124 Å². The molecule has 1 aliphatic heterocycles. The maximum absolute atomic E-state index is 10.8. The second-order valence-corrected chi connectivity index (χ2v) is 14.7. The highest BCUT2D eigenvalue weighted by atomic mass is 16.5. The first kappa shape index (κ1) is 25.2. The van der Waals surface area contributed by atoms with E-state index in [-0.39, 0.29) is 33.7 Å². The summed E-state index contributed by atoms with van der Waals surface area (Å²) < 4.78 is 6.23. The molecular formula is C30H50O4. The van der Waals surface area contributed by atoms with Crippen LogP contribution in [0.1, 0.15) is 99.8 Å². The Bertz CT molecular complexity index is 847. The first-order valence-corrected chi connectivity index (χ1v) is 14.1. The molecule has 0 aromatic heterocycles. The Morgan fingerprint density at radius 1 is 0.882 bits per heavy atom. The fraction of sp³-hybridized carbons (Fsp3) is 0.933. The number of fused-ring (bicyclic) bond motifs is 5. The predicted molar refractivity (Wildman–Crippen MR) is 135 cm³/mol. The molecule has 0 aromatic rings. The fourth-order valence-corrected chi connectivity index (χ4v) is 10.2. The van der Waals surface area contributed by atoms with Crippen LogP contribution < -0.4 is 0 Å². The van der Waals surface area contributed by atoms with Gasteiger partial charge < -0.3 is 20.1 Å². The van der Waals surface area contributed by atoms with Gasteiger partial charge in [-0.05, 0) is 111 Å². The molecule has 34 heavy (non-hydrogen) atoms. The van der Waals surface area contributed by atoms with E-state index in [1.165, 1.54) is 25.7 Å². The minimum Gasteiger partial charge on any atom is -0.393 e. The number of hydrogen-bond acceptors (Lipinski definition) is 4. The number of aliphatic hydroxyl groups is 3. The van der Waals surface area contributed by atoms with Crippen molar-refractivity contribution < 1.29 is 20.1 Å². The van der Waals surface area contributed by atoms with Crippen molar-refractivity contribution in [2.24, 2.45) is 45.3 Å². The minimum absolute atomic E-state index is 0.0314. The highest BCUT2D eigenvalue weighted by Gasteiger charge is 2.65. The summed E-state index contributed by atoms with van der Waals surface area (Å²) in [6.45, 7) is 16.7. The van der Waals surface area contributed by atoms with Crippen LogP contribution in [0, 0.1) is 45.3 Å². The van der Waals surface area contributed by atoms with E-state index in [0.29, 0.717) is 30.8 Å². The lowest BCUT2D eigenvalue weighted by atomic mass is 9.41. The standard InChI is InChI=1S/C30H50O4/c1-26(2)23-9-8-21-20(28(23,5)13-12-24(26)32)11-15-29(6)19(10-14-30(21,29)7)18-16-22(31)25(33)27(3,4)34-17-18/h8,18-20,22-25,31-33H,9-17H2,1-7H3/t18-,19-,20+,22-,23+,24-,25-,28+,29-,30+/m0/s1. The van der Waals surface area contributed by atoms with Crippen molar-refractivity contribution in [1.82, 2.24) is 0 Å². The summed E-state index contributed by atoms with van der Waals surface area (Å²) in [5, 5.41) is 32.3. The van der Waals surface area contributed by atoms with E-state index in [1.807, 2.05) is 13.8 Å². The fourth-order valence-electron chi connectivity index (χ4n) is 10.2. The Balaban J connectivity index is 1.46. The van der Waals surface area contributed by atoms with Crippen LogP contribution in [0.3, 0.4) is 0 Å². The molecule has 1 saturated heterocycles. The highest BCUT2D eigenvalue weighted by Crippen LogP contribution is 2.73. The molecule has 0 radical (unpaired) electrons. The third-order valence-electron chi connectivity index (χ3n) is 12.7. The molecule has 3 N–H and O–H groups in total. The summed E-state index contributed by atoms with van der Waals surface area (Å²) in [4.78, 5) is 0. The van der Waals surface area contributed by atoms with Gasteiger partial charge in [0.05, 0.1) is 24.4 Å². The molecule has 10 atom stereocenters. The monoisotopic (exact) mass is 474 g/mol. The van der Waals surface area contributed by atoms with Gasteiger partial charge in [-0.25, -0.2) is 0 Å². The van der Waals surface area contributed by atoms with Crippen LogP contribution in [-0.2, 0) is 4.74 Å². The first-order chi connectivity index (χ1) is 15.7. The molecule has 0 spiro atoms. The van der Waals surface area contributed by atoms with Crippen molar-refractivity contribution in [1.29, 1.82) is 0 Å². The molecular weight excluding hydrogens is 424 g/mol. The quantitative estimate of drug-likeness (QED) is 0.440. The Kier molecular flexibility index (Phi) is 5.78. The van der Waals surface area contributed by atoms with E-state index in [1.54, 1.807) is 5.57 Å². The second-order valence-electron chi connectivity index (χ2n) is 14.7. The van der Waals surface area contributed by atoms with Crippen LogP contribution >= 0.6 is 0 Å². The van der Waals surface area contributed by atoms with E-state index >= 15 is 0 Å². The maximum atomic E-state index is 10.8. The number of ether oxygens (including phenoxy) is 1. The maximum Gasteiger partial charge on any atom is 0.108 e. The van der Waals surface area contributed by atoms with Crippen molar-refractivity contribution in [2.75, 3.05) is 6.61 Å². The predicted octanol–water partition coefficient (Wildman–Crippen LogP) is 5.49. The van der Waals surface area contributed by atoms with E-state index in [2.05, 4.69) is 40.7 Å². The number of aliphatic hydroxyl groups excluding tert-OH is 3. The molecule has 4 fully saturated rings. The van der Waals surface area contributed by atoms with Gasteiger partial charge in [-0.15, -0.1) is 0 Å². The van der Waals surface area contributed by atoms with E-state index in [0.717, 1.165) is 19.3 Å². The zero-order chi connectivity index (χ0) is 24.9. The molecule has 0 aromatic carbocycles. The topological polar surface area (TPSA) is 69.9 Å². The second kappa shape index (κ2) is 7.79. The smallest absolute Gasteiger partial charge is 0.108 e. The summed E-state index contributed by atoms with van der Waals surface area (Å²) in [5.41, 5.74) is 1.62. The van der Waals surface area contributed by atoms with Crippen molar-refractivity contribution >= 4 is 0 Å². The van der Waals surface area contributed by atoms with Crippen molar-refractivity contribution in [3.63, 3.8) is 0 Å². The van der Waals surface area contributed by atoms with Crippen LogP contribution in [0.2, 0.25) is 0 Å². The SMILES string of the molecule is CC1(C)OC[C@@H]([C@@H]2CC[C@]3(C)C4=CC[C@@H]5C(C)(C)[C@@H](O)CC[C@]5(C)[C@@H]4CC[C@@]23C)C[C@H](O)[C@@H]1O. The summed E-state index contributed by atoms with van der Waals surface area (Å²) in [6, 6.07) is 0. The molecule has 5 aliphatic rings. The van der Waals surface area contributed by atoms with Crippen molar-refractivity contribution in [3.05, 3.63) is 11.6 Å². The van der Waals surface area contributed by atoms with Gasteiger partial charge in [-0.3, -0.25) is 0 Å². The van der Waals surface area contributed by atoms with E-state index < -0.39 is 17.8 Å². The average Bonchev–Trinajstić information content (AvgIpc) is 2.99. The van der Waals surface area contributed by atoms with Crippen LogP contribution in [0.5, 0.6) is 0 Å². The van der Waals surface area contributed by atoms with Crippen LogP contribution in [-0.4, -0.2) is 45.8 Å². The van der Waals surface area contributed by atoms with Gasteiger partial charge in [0.15, 0.2) is 0 Å². The number of hydrogen-bond donors (Lipinski definition) is 3. The van der Waals surface area contributed by atoms with Gasteiger partial charge in [-0.1, -0.05) is 46.3 Å².